The minimum atomic E-state index is 0.520. The third kappa shape index (κ3) is 2.04. The molecule has 0 aliphatic heterocycles. The lowest BCUT2D eigenvalue weighted by Crippen LogP contribution is -1.77. The lowest BCUT2D eigenvalue weighted by atomic mass is 10.2. The Morgan fingerprint density at radius 2 is 1.86 bits per heavy atom. The van der Waals surface area contributed by atoms with E-state index in [1.54, 1.807) is 12.1 Å². The van der Waals surface area contributed by atoms with Crippen molar-refractivity contribution < 1.29 is 0 Å². The number of aromatic nitrogens is 1. The zero-order valence-electron chi connectivity index (χ0n) is 6.80. The predicted molar refractivity (Wildman–Crippen MR) is 62.6 cm³/mol. The predicted octanol–water partition coefficient (Wildman–Crippen LogP) is 4.77. The molecule has 0 aliphatic rings. The Labute approximate surface area is 100 Å². The fraction of sp³-hybridized carbons (Fsp3) is 0. The molecule has 2 rings (SSSR count). The smallest absolute Gasteiger partial charge is 0.184 e. The van der Waals surface area contributed by atoms with Crippen LogP contribution in [0, 0.1) is 0 Å². The van der Waals surface area contributed by atoms with Gasteiger partial charge in [-0.1, -0.05) is 40.9 Å². The maximum atomic E-state index is 5.88. The lowest BCUT2D eigenvalue weighted by Gasteiger charge is -1.98. The van der Waals surface area contributed by atoms with Crippen LogP contribution in [0.2, 0.25) is 14.5 Å². The van der Waals surface area contributed by atoms with Gasteiger partial charge in [0.15, 0.2) is 4.47 Å². The van der Waals surface area contributed by atoms with Crippen molar-refractivity contribution in [3.8, 4) is 11.3 Å². The van der Waals surface area contributed by atoms with E-state index in [-0.39, 0.29) is 0 Å². The van der Waals surface area contributed by atoms with Crippen molar-refractivity contribution in [1.29, 1.82) is 0 Å². The molecule has 0 saturated heterocycles. The first kappa shape index (κ1) is 10.2. The standard InChI is InChI=1S/C9H4Cl3NS/c10-6-2-1-5(3-7(6)11)8-4-14-9(12)13-8/h1-4H. The van der Waals surface area contributed by atoms with Crippen LogP contribution < -0.4 is 0 Å². The van der Waals surface area contributed by atoms with Gasteiger partial charge in [0.2, 0.25) is 0 Å². The molecule has 14 heavy (non-hydrogen) atoms. The summed E-state index contributed by atoms with van der Waals surface area (Å²) in [5.41, 5.74) is 1.74. The van der Waals surface area contributed by atoms with E-state index in [1.807, 2.05) is 11.4 Å². The molecule has 0 radical (unpaired) electrons. The second-order valence-electron chi connectivity index (χ2n) is 2.61. The highest BCUT2D eigenvalue weighted by Gasteiger charge is 2.05. The van der Waals surface area contributed by atoms with Gasteiger partial charge in [0.05, 0.1) is 15.7 Å². The second-order valence-corrected chi connectivity index (χ2v) is 4.87. The van der Waals surface area contributed by atoms with Crippen molar-refractivity contribution in [2.75, 3.05) is 0 Å². The van der Waals surface area contributed by atoms with Crippen LogP contribution in [0.4, 0.5) is 0 Å². The molecule has 1 aromatic heterocycles. The monoisotopic (exact) mass is 263 g/mol. The fourth-order valence-corrected chi connectivity index (χ4v) is 2.11. The first-order valence-electron chi connectivity index (χ1n) is 3.73. The van der Waals surface area contributed by atoms with Crippen LogP contribution in [-0.2, 0) is 0 Å². The number of halogens is 3. The summed E-state index contributed by atoms with van der Waals surface area (Å²) < 4.78 is 0.520. The van der Waals surface area contributed by atoms with Gasteiger partial charge in [-0.05, 0) is 12.1 Å². The van der Waals surface area contributed by atoms with Crippen molar-refractivity contribution >= 4 is 46.1 Å². The number of nitrogens with zero attached hydrogens (tertiary/aromatic N) is 1. The van der Waals surface area contributed by atoms with Crippen LogP contribution in [0.5, 0.6) is 0 Å². The molecule has 1 heterocycles. The summed E-state index contributed by atoms with van der Waals surface area (Å²) in [4.78, 5) is 4.13. The van der Waals surface area contributed by atoms with Gasteiger partial charge >= 0.3 is 0 Å². The quantitative estimate of drug-likeness (QED) is 0.723. The van der Waals surface area contributed by atoms with Crippen molar-refractivity contribution in [2.24, 2.45) is 0 Å². The van der Waals surface area contributed by atoms with Crippen LogP contribution >= 0.6 is 46.1 Å². The Bertz CT molecular complexity index is 467. The molecular formula is C9H4Cl3NS. The van der Waals surface area contributed by atoms with E-state index in [0.717, 1.165) is 11.3 Å². The van der Waals surface area contributed by atoms with Gasteiger partial charge in [-0.25, -0.2) is 4.98 Å². The largest absolute Gasteiger partial charge is 0.225 e. The van der Waals surface area contributed by atoms with Gasteiger partial charge in [0, 0.05) is 10.9 Å². The molecule has 0 unspecified atom stereocenters. The third-order valence-electron chi connectivity index (χ3n) is 1.69. The van der Waals surface area contributed by atoms with E-state index < -0.39 is 0 Å². The Hall–Kier alpha value is -0.280. The molecule has 2 aromatic rings. The van der Waals surface area contributed by atoms with Gasteiger partial charge < -0.3 is 0 Å². The Balaban J connectivity index is 2.47. The number of rotatable bonds is 1. The molecule has 1 aromatic carbocycles. The highest BCUT2D eigenvalue weighted by atomic mass is 35.5. The van der Waals surface area contributed by atoms with Crippen molar-refractivity contribution in [3.05, 3.63) is 38.1 Å². The summed E-state index contributed by atoms with van der Waals surface area (Å²) >= 11 is 18.8. The van der Waals surface area contributed by atoms with E-state index in [0.29, 0.717) is 14.5 Å². The molecule has 0 spiro atoms. The highest BCUT2D eigenvalue weighted by Crippen LogP contribution is 2.30. The van der Waals surface area contributed by atoms with Crippen molar-refractivity contribution in [1.82, 2.24) is 4.98 Å². The van der Waals surface area contributed by atoms with Crippen molar-refractivity contribution in [3.63, 3.8) is 0 Å². The molecule has 0 bridgehead atoms. The molecule has 0 saturated carbocycles. The van der Waals surface area contributed by atoms with E-state index in [2.05, 4.69) is 4.98 Å². The van der Waals surface area contributed by atoms with E-state index >= 15 is 0 Å². The molecule has 0 amide bonds. The molecular weight excluding hydrogens is 261 g/mol. The van der Waals surface area contributed by atoms with Crippen LogP contribution in [0.3, 0.4) is 0 Å². The van der Waals surface area contributed by atoms with Crippen LogP contribution in [0.25, 0.3) is 11.3 Å². The zero-order chi connectivity index (χ0) is 10.1. The topological polar surface area (TPSA) is 12.9 Å². The van der Waals surface area contributed by atoms with Gasteiger partial charge in [-0.15, -0.1) is 11.3 Å². The van der Waals surface area contributed by atoms with Crippen molar-refractivity contribution in [2.45, 2.75) is 0 Å². The zero-order valence-corrected chi connectivity index (χ0v) is 9.88. The van der Waals surface area contributed by atoms with Crippen LogP contribution in [0.15, 0.2) is 23.6 Å². The molecule has 1 nitrogen and oxygen atoms in total. The average molecular weight is 265 g/mol. The van der Waals surface area contributed by atoms with E-state index in [1.165, 1.54) is 11.3 Å². The SMILES string of the molecule is Clc1nc(-c2ccc(Cl)c(Cl)c2)cs1. The third-order valence-corrected chi connectivity index (χ3v) is 3.41. The Morgan fingerprint density at radius 1 is 1.07 bits per heavy atom. The lowest BCUT2D eigenvalue weighted by molar-refractivity contribution is 1.41. The number of benzene rings is 1. The molecule has 0 fully saturated rings. The Kier molecular flexibility index (Phi) is 2.98. The summed E-state index contributed by atoms with van der Waals surface area (Å²) in [5, 5.41) is 2.94. The number of thiazole rings is 1. The van der Waals surface area contributed by atoms with Gasteiger partial charge in [0.25, 0.3) is 0 Å². The molecule has 72 valence electrons. The first-order valence-corrected chi connectivity index (χ1v) is 5.74. The summed E-state index contributed by atoms with van der Waals surface area (Å²) in [6.07, 6.45) is 0. The number of hydrogen-bond acceptors (Lipinski definition) is 2. The normalized spacial score (nSPS) is 10.5. The van der Waals surface area contributed by atoms with Gasteiger partial charge in [-0.2, -0.15) is 0 Å². The van der Waals surface area contributed by atoms with Crippen LogP contribution in [-0.4, -0.2) is 4.98 Å². The second kappa shape index (κ2) is 4.07. The minimum absolute atomic E-state index is 0.520. The van der Waals surface area contributed by atoms with E-state index in [9.17, 15) is 0 Å². The highest BCUT2D eigenvalue weighted by molar-refractivity contribution is 7.14. The van der Waals surface area contributed by atoms with E-state index in [4.69, 9.17) is 34.8 Å². The molecule has 5 heteroatoms. The number of hydrogen-bond donors (Lipinski definition) is 0. The maximum absolute atomic E-state index is 5.88. The summed E-state index contributed by atoms with van der Waals surface area (Å²) in [6, 6.07) is 5.38. The fourth-order valence-electron chi connectivity index (χ4n) is 1.04. The summed E-state index contributed by atoms with van der Waals surface area (Å²) in [7, 11) is 0. The summed E-state index contributed by atoms with van der Waals surface area (Å²) in [6.45, 7) is 0. The minimum Gasteiger partial charge on any atom is -0.225 e. The Morgan fingerprint density at radius 3 is 2.43 bits per heavy atom. The van der Waals surface area contributed by atoms with Gasteiger partial charge in [0.1, 0.15) is 0 Å². The first-order chi connectivity index (χ1) is 6.66. The van der Waals surface area contributed by atoms with Crippen LogP contribution in [0.1, 0.15) is 0 Å². The summed E-state index contributed by atoms with van der Waals surface area (Å²) in [5.74, 6) is 0. The maximum Gasteiger partial charge on any atom is 0.184 e. The molecule has 0 atom stereocenters. The van der Waals surface area contributed by atoms with Gasteiger partial charge in [-0.3, -0.25) is 0 Å². The average Bonchev–Trinajstić information content (AvgIpc) is 2.57. The molecule has 0 N–H and O–H groups in total. The molecule has 0 aliphatic carbocycles.